The number of hydrogen-bond acceptors (Lipinski definition) is 2. The summed E-state index contributed by atoms with van der Waals surface area (Å²) in [5.41, 5.74) is 7.32. The van der Waals surface area contributed by atoms with Gasteiger partial charge in [-0.25, -0.2) is 0 Å². The van der Waals surface area contributed by atoms with E-state index in [1.165, 1.54) is 57.8 Å². The number of carboxylic acid groups (broad SMARTS) is 1. The van der Waals surface area contributed by atoms with Crippen molar-refractivity contribution < 1.29 is 9.90 Å². The third kappa shape index (κ3) is 3.16. The van der Waals surface area contributed by atoms with E-state index in [-0.39, 0.29) is 0 Å². The molecule has 0 aromatic carbocycles. The molecule has 3 N–H and O–H groups in total. The van der Waals surface area contributed by atoms with E-state index in [1.807, 2.05) is 0 Å². The second-order valence-corrected chi connectivity index (χ2v) is 11.3. The number of nitrogens with two attached hydrogens (primary N) is 1. The molecule has 4 fully saturated rings. The predicted molar refractivity (Wildman–Crippen MR) is 109 cm³/mol. The molecule has 3 nitrogen and oxygen atoms in total. The van der Waals surface area contributed by atoms with Gasteiger partial charge in [-0.05, 0) is 111 Å². The van der Waals surface area contributed by atoms with Gasteiger partial charge in [-0.15, -0.1) is 0 Å². The summed E-state index contributed by atoms with van der Waals surface area (Å²) in [5, 5.41) is 9.10. The predicted octanol–water partition coefficient (Wildman–Crippen LogP) is 5.47. The van der Waals surface area contributed by atoms with Crippen LogP contribution in [-0.2, 0) is 4.79 Å². The summed E-state index contributed by atoms with van der Waals surface area (Å²) < 4.78 is 0. The number of hydrogen-bond donors (Lipinski definition) is 2. The highest BCUT2D eigenvalue weighted by Crippen LogP contribution is 2.68. The van der Waals surface area contributed by atoms with Gasteiger partial charge in [-0.3, -0.25) is 4.79 Å². The van der Waals surface area contributed by atoms with Crippen molar-refractivity contribution in [2.24, 2.45) is 52.1 Å². The Morgan fingerprint density at radius 3 is 2.48 bits per heavy atom. The molecule has 4 rings (SSSR count). The van der Waals surface area contributed by atoms with Gasteiger partial charge in [0.25, 0.3) is 0 Å². The molecule has 0 spiro atoms. The minimum atomic E-state index is -0.632. The fourth-order valence-electron chi connectivity index (χ4n) is 8.82. The van der Waals surface area contributed by atoms with Crippen LogP contribution in [0.3, 0.4) is 0 Å². The van der Waals surface area contributed by atoms with Crippen LogP contribution in [0.2, 0.25) is 0 Å². The van der Waals surface area contributed by atoms with Crippen LogP contribution in [-0.4, -0.2) is 17.1 Å². The van der Waals surface area contributed by atoms with Gasteiger partial charge in [0.15, 0.2) is 0 Å². The second-order valence-electron chi connectivity index (χ2n) is 11.3. The van der Waals surface area contributed by atoms with Crippen LogP contribution in [0.1, 0.15) is 91.4 Å². The Morgan fingerprint density at radius 2 is 1.74 bits per heavy atom. The lowest BCUT2D eigenvalue weighted by molar-refractivity contribution is -0.137. The van der Waals surface area contributed by atoms with Gasteiger partial charge in [-0.2, -0.15) is 0 Å². The molecule has 27 heavy (non-hydrogen) atoms. The summed E-state index contributed by atoms with van der Waals surface area (Å²) in [7, 11) is 0. The highest BCUT2D eigenvalue weighted by molar-refractivity contribution is 5.66. The Balaban J connectivity index is 1.51. The molecule has 0 amide bonds. The highest BCUT2D eigenvalue weighted by atomic mass is 16.4. The van der Waals surface area contributed by atoms with Gasteiger partial charge in [0.2, 0.25) is 0 Å². The zero-order valence-corrected chi connectivity index (χ0v) is 17.8. The summed E-state index contributed by atoms with van der Waals surface area (Å²) >= 11 is 0. The molecule has 9 atom stereocenters. The van der Waals surface area contributed by atoms with Crippen LogP contribution in [0.15, 0.2) is 0 Å². The molecule has 4 aliphatic rings. The molecule has 0 aliphatic heterocycles. The first-order chi connectivity index (χ1) is 12.8. The average Bonchev–Trinajstić information content (AvgIpc) is 2.97. The lowest BCUT2D eigenvalue weighted by Gasteiger charge is -2.61. The number of carboxylic acids is 1. The molecule has 4 saturated carbocycles. The first-order valence-electron chi connectivity index (χ1n) is 11.7. The maximum absolute atomic E-state index is 11.1. The summed E-state index contributed by atoms with van der Waals surface area (Å²) in [6.07, 6.45) is 13.3. The van der Waals surface area contributed by atoms with Crippen molar-refractivity contribution in [1.29, 1.82) is 0 Å². The molecule has 0 bridgehead atoms. The van der Waals surface area contributed by atoms with Gasteiger partial charge in [0.1, 0.15) is 0 Å². The van der Waals surface area contributed by atoms with Crippen molar-refractivity contribution in [2.45, 2.75) is 97.4 Å². The van der Waals surface area contributed by atoms with Crippen LogP contribution in [0.5, 0.6) is 0 Å². The van der Waals surface area contributed by atoms with E-state index < -0.39 is 5.97 Å². The lowest BCUT2D eigenvalue weighted by Crippen LogP contribution is -2.54. The van der Waals surface area contributed by atoms with Crippen LogP contribution in [0, 0.1) is 46.3 Å². The van der Waals surface area contributed by atoms with Gasteiger partial charge in [-0.1, -0.05) is 20.8 Å². The molecule has 0 aromatic heterocycles. The van der Waals surface area contributed by atoms with Crippen molar-refractivity contribution in [1.82, 2.24) is 0 Å². The Bertz CT molecular complexity index is 577. The van der Waals surface area contributed by atoms with E-state index in [0.29, 0.717) is 29.2 Å². The second kappa shape index (κ2) is 7.04. The Labute approximate surface area is 165 Å². The monoisotopic (exact) mass is 375 g/mol. The maximum atomic E-state index is 11.1. The summed E-state index contributed by atoms with van der Waals surface area (Å²) in [6, 6.07) is 0.444. The number of carbonyl (C=O) groups is 1. The zero-order valence-electron chi connectivity index (χ0n) is 17.8. The van der Waals surface area contributed by atoms with Gasteiger partial charge < -0.3 is 10.8 Å². The summed E-state index contributed by atoms with van der Waals surface area (Å²) in [6.45, 7) is 7.52. The van der Waals surface area contributed by atoms with Gasteiger partial charge in [0.05, 0.1) is 0 Å². The van der Waals surface area contributed by atoms with Crippen molar-refractivity contribution in [2.75, 3.05) is 0 Å². The standard InChI is InChI=1S/C24H41NO2/c1-15(4-9-22(26)27)19-7-8-20-18-6-5-16-14-17(25)10-12-23(16,2)21(18)11-13-24(19,20)3/h15-21H,4-14,25H2,1-3H3,(H,26,27)/t15-,16?,17+,18+,19-,20+,21+,23+,24-/m1/s1. The first-order valence-corrected chi connectivity index (χ1v) is 11.7. The molecular weight excluding hydrogens is 334 g/mol. The van der Waals surface area contributed by atoms with Crippen LogP contribution >= 0.6 is 0 Å². The van der Waals surface area contributed by atoms with Crippen molar-refractivity contribution in [3.05, 3.63) is 0 Å². The van der Waals surface area contributed by atoms with Gasteiger partial charge >= 0.3 is 5.97 Å². The lowest BCUT2D eigenvalue weighted by atomic mass is 9.44. The maximum Gasteiger partial charge on any atom is 0.303 e. The first kappa shape index (κ1) is 19.7. The number of fused-ring (bicyclic) bond motifs is 5. The van der Waals surface area contributed by atoms with Crippen LogP contribution < -0.4 is 5.73 Å². The molecule has 0 radical (unpaired) electrons. The molecule has 0 aromatic rings. The SMILES string of the molecule is C[C@H](CCC(=O)O)[C@H]1CC[C@H]2[C@@H]3CCC4C[C@@H](N)CC[C@]4(C)[C@H]3CC[C@]12C. The third-order valence-corrected chi connectivity index (χ3v) is 10.3. The zero-order chi connectivity index (χ0) is 19.4. The molecular formula is C24H41NO2. The quantitative estimate of drug-likeness (QED) is 0.684. The highest BCUT2D eigenvalue weighted by Gasteiger charge is 2.60. The van der Waals surface area contributed by atoms with Gasteiger partial charge in [0, 0.05) is 12.5 Å². The minimum absolute atomic E-state index is 0.338. The number of aliphatic carboxylic acids is 1. The Kier molecular flexibility index (Phi) is 5.15. The van der Waals surface area contributed by atoms with Crippen molar-refractivity contribution in [3.8, 4) is 0 Å². The largest absolute Gasteiger partial charge is 0.481 e. The van der Waals surface area contributed by atoms with Crippen molar-refractivity contribution in [3.63, 3.8) is 0 Å². The number of rotatable bonds is 4. The normalized spacial score (nSPS) is 50.4. The summed E-state index contributed by atoms with van der Waals surface area (Å²) in [5.74, 6) is 4.21. The smallest absolute Gasteiger partial charge is 0.303 e. The van der Waals surface area contributed by atoms with Crippen LogP contribution in [0.25, 0.3) is 0 Å². The van der Waals surface area contributed by atoms with E-state index in [2.05, 4.69) is 20.8 Å². The average molecular weight is 376 g/mol. The van der Waals surface area contributed by atoms with E-state index in [1.54, 1.807) is 0 Å². The molecule has 3 heteroatoms. The fraction of sp³-hybridized carbons (Fsp3) is 0.958. The van der Waals surface area contributed by atoms with E-state index in [9.17, 15) is 4.79 Å². The topological polar surface area (TPSA) is 63.3 Å². The Hall–Kier alpha value is -0.570. The fourth-order valence-corrected chi connectivity index (χ4v) is 8.82. The van der Waals surface area contributed by atoms with E-state index >= 15 is 0 Å². The minimum Gasteiger partial charge on any atom is -0.481 e. The third-order valence-electron chi connectivity index (χ3n) is 10.3. The molecule has 1 unspecified atom stereocenters. The Morgan fingerprint density at radius 1 is 1.04 bits per heavy atom. The molecule has 0 heterocycles. The van der Waals surface area contributed by atoms with Crippen LogP contribution in [0.4, 0.5) is 0 Å². The van der Waals surface area contributed by atoms with E-state index in [0.717, 1.165) is 36.0 Å². The summed E-state index contributed by atoms with van der Waals surface area (Å²) in [4.78, 5) is 11.1. The molecule has 0 saturated heterocycles. The van der Waals surface area contributed by atoms with E-state index in [4.69, 9.17) is 10.8 Å². The van der Waals surface area contributed by atoms with Crippen molar-refractivity contribution >= 4 is 5.97 Å². The molecule has 4 aliphatic carbocycles. The molecule has 154 valence electrons.